The third-order valence-corrected chi connectivity index (χ3v) is 5.05. The molecule has 140 valence electrons. The van der Waals surface area contributed by atoms with E-state index in [1.165, 1.54) is 19.4 Å². The molecule has 4 aromatic rings. The molecule has 0 aromatic carbocycles. The van der Waals surface area contributed by atoms with E-state index in [0.717, 1.165) is 4.88 Å². The Labute approximate surface area is 163 Å². The van der Waals surface area contributed by atoms with Crippen LogP contribution in [0, 0.1) is 0 Å². The molecule has 1 atom stereocenters. The van der Waals surface area contributed by atoms with E-state index < -0.39 is 6.17 Å². The number of nitrogens with zero attached hydrogens (tertiary/aromatic N) is 3. The van der Waals surface area contributed by atoms with Gasteiger partial charge in [-0.05, 0) is 36.4 Å². The summed E-state index contributed by atoms with van der Waals surface area (Å²) in [5.41, 5.74) is 1.53. The number of halogens is 2. The van der Waals surface area contributed by atoms with E-state index in [0.29, 0.717) is 53.5 Å². The van der Waals surface area contributed by atoms with Crippen molar-refractivity contribution in [3.8, 4) is 11.5 Å². The van der Waals surface area contributed by atoms with Gasteiger partial charge in [-0.1, -0.05) is 6.07 Å². The van der Waals surface area contributed by atoms with Crippen molar-refractivity contribution in [2.45, 2.75) is 32.5 Å². The maximum atomic E-state index is 13.4. The van der Waals surface area contributed by atoms with Crippen LogP contribution in [0.1, 0.15) is 24.0 Å². The largest absolute Gasteiger partial charge is 0.455 e. The number of hydrogen-bond donors (Lipinski definition) is 1. The van der Waals surface area contributed by atoms with Gasteiger partial charge in [-0.3, -0.25) is 0 Å². The molecule has 0 saturated heterocycles. The van der Waals surface area contributed by atoms with Crippen LogP contribution in [0.25, 0.3) is 22.6 Å². The lowest BCUT2D eigenvalue weighted by Crippen LogP contribution is -2.01. The average Bonchev–Trinajstić information content (AvgIpc) is 3.37. The molecule has 4 rings (SSSR count). The van der Waals surface area contributed by atoms with E-state index >= 15 is 0 Å². The van der Waals surface area contributed by atoms with Crippen LogP contribution in [0.3, 0.4) is 0 Å². The Morgan fingerprint density at radius 3 is 2.96 bits per heavy atom. The van der Waals surface area contributed by atoms with Gasteiger partial charge in [0.15, 0.2) is 11.4 Å². The lowest BCUT2D eigenvalue weighted by Gasteiger charge is -2.04. The van der Waals surface area contributed by atoms with Crippen LogP contribution in [0.5, 0.6) is 0 Å². The van der Waals surface area contributed by atoms with Gasteiger partial charge in [0.05, 0.1) is 18.9 Å². The summed E-state index contributed by atoms with van der Waals surface area (Å²) in [6, 6.07) is 4.00. The molecule has 0 aliphatic heterocycles. The van der Waals surface area contributed by atoms with Crippen molar-refractivity contribution < 1.29 is 13.2 Å². The van der Waals surface area contributed by atoms with Crippen LogP contribution in [0.2, 0.25) is 5.28 Å². The van der Waals surface area contributed by atoms with Crippen LogP contribution < -0.4 is 5.32 Å². The molecule has 27 heavy (non-hydrogen) atoms. The number of anilines is 1. The summed E-state index contributed by atoms with van der Waals surface area (Å²) in [7, 11) is 0. The van der Waals surface area contributed by atoms with E-state index in [1.807, 2.05) is 17.5 Å². The van der Waals surface area contributed by atoms with Gasteiger partial charge in [-0.25, -0.2) is 14.4 Å². The average molecular weight is 407 g/mol. The van der Waals surface area contributed by atoms with E-state index in [1.54, 1.807) is 11.3 Å². The van der Waals surface area contributed by atoms with Crippen molar-refractivity contribution in [2.75, 3.05) is 5.32 Å². The number of rotatable bonds is 7. The Morgan fingerprint density at radius 1 is 1.37 bits per heavy atom. The van der Waals surface area contributed by atoms with Gasteiger partial charge in [-0.15, -0.1) is 11.3 Å². The van der Waals surface area contributed by atoms with Gasteiger partial charge in [0, 0.05) is 11.3 Å². The van der Waals surface area contributed by atoms with Crippen molar-refractivity contribution in [3.63, 3.8) is 0 Å². The fourth-order valence-electron chi connectivity index (χ4n) is 2.77. The highest BCUT2D eigenvalue weighted by Gasteiger charge is 2.24. The molecule has 0 saturated carbocycles. The highest BCUT2D eigenvalue weighted by Crippen LogP contribution is 2.37. The Bertz CT molecular complexity index is 1030. The topological polar surface area (TPSA) is 77.0 Å². The zero-order valence-corrected chi connectivity index (χ0v) is 16.0. The fourth-order valence-corrected chi connectivity index (χ4v) is 3.59. The van der Waals surface area contributed by atoms with Crippen LogP contribution in [0.4, 0.5) is 10.2 Å². The summed E-state index contributed by atoms with van der Waals surface area (Å²) in [5.74, 6) is 1.38. The fraction of sp³-hybridized carbons (Fsp3) is 0.278. The highest BCUT2D eigenvalue weighted by atomic mass is 35.5. The number of hydrogen-bond acceptors (Lipinski definition) is 7. The molecule has 6 nitrogen and oxygen atoms in total. The van der Waals surface area contributed by atoms with Gasteiger partial charge in [0.1, 0.15) is 23.1 Å². The summed E-state index contributed by atoms with van der Waals surface area (Å²) in [5, 5.41) is 5.32. The first-order chi connectivity index (χ1) is 13.1. The molecule has 1 N–H and O–H groups in total. The lowest BCUT2D eigenvalue weighted by atomic mass is 10.1. The zero-order chi connectivity index (χ0) is 18.8. The Balaban J connectivity index is 1.79. The van der Waals surface area contributed by atoms with Crippen LogP contribution in [-0.2, 0) is 13.0 Å². The van der Waals surface area contributed by atoms with Crippen molar-refractivity contribution in [2.24, 2.45) is 0 Å². The second kappa shape index (κ2) is 7.66. The SMILES string of the molecule is C[C@H](F)CCc1oc2c(NCc3cccs3)nc(Cl)nc2c1-c1ncco1. The quantitative estimate of drug-likeness (QED) is 0.408. The van der Waals surface area contributed by atoms with Crippen molar-refractivity contribution in [1.29, 1.82) is 0 Å². The number of nitrogens with one attached hydrogen (secondary N) is 1. The second-order valence-electron chi connectivity index (χ2n) is 6.01. The standard InChI is InChI=1S/C18H16ClFN4O2S/c1-10(20)4-5-12-13(17-21-6-7-25-17)14-15(26-12)16(24-18(19)23-14)22-9-11-3-2-8-27-11/h2-3,6-8,10H,4-5,9H2,1H3,(H,22,23,24)/t10-/m0/s1. The number of aromatic nitrogens is 3. The minimum atomic E-state index is -0.957. The third-order valence-electron chi connectivity index (χ3n) is 4.00. The molecule has 0 unspecified atom stereocenters. The van der Waals surface area contributed by atoms with Gasteiger partial charge in [0.2, 0.25) is 11.2 Å². The predicted octanol–water partition coefficient (Wildman–Crippen LogP) is 5.50. The molecular weight excluding hydrogens is 391 g/mol. The highest BCUT2D eigenvalue weighted by molar-refractivity contribution is 7.09. The van der Waals surface area contributed by atoms with Crippen molar-refractivity contribution in [1.82, 2.24) is 15.0 Å². The molecule has 0 bridgehead atoms. The zero-order valence-electron chi connectivity index (χ0n) is 14.4. The Hall–Kier alpha value is -2.45. The molecule has 9 heteroatoms. The normalized spacial score (nSPS) is 12.6. The van der Waals surface area contributed by atoms with Crippen LogP contribution in [0.15, 0.2) is 38.8 Å². The second-order valence-corrected chi connectivity index (χ2v) is 7.38. The van der Waals surface area contributed by atoms with Gasteiger partial charge in [-0.2, -0.15) is 4.98 Å². The number of oxazole rings is 1. The van der Waals surface area contributed by atoms with Gasteiger partial charge in [0.25, 0.3) is 0 Å². The maximum absolute atomic E-state index is 13.4. The number of alkyl halides is 1. The third kappa shape index (κ3) is 3.81. The number of thiophene rings is 1. The van der Waals surface area contributed by atoms with Crippen LogP contribution in [-0.4, -0.2) is 21.1 Å². The summed E-state index contributed by atoms with van der Waals surface area (Å²) in [4.78, 5) is 13.9. The molecule has 0 radical (unpaired) electrons. The molecular formula is C18H16ClFN4O2S. The summed E-state index contributed by atoms with van der Waals surface area (Å²) < 4.78 is 24.9. The van der Waals surface area contributed by atoms with E-state index in [-0.39, 0.29) is 5.28 Å². The van der Waals surface area contributed by atoms with Crippen molar-refractivity contribution >= 4 is 39.9 Å². The van der Waals surface area contributed by atoms with Crippen molar-refractivity contribution in [3.05, 3.63) is 45.9 Å². The van der Waals surface area contributed by atoms with E-state index in [2.05, 4.69) is 20.3 Å². The molecule has 4 aromatic heterocycles. The predicted molar refractivity (Wildman–Crippen MR) is 103 cm³/mol. The Kier molecular flexibility index (Phi) is 5.09. The van der Waals surface area contributed by atoms with Gasteiger partial charge >= 0.3 is 0 Å². The summed E-state index contributed by atoms with van der Waals surface area (Å²) in [6.45, 7) is 2.09. The number of furan rings is 1. The van der Waals surface area contributed by atoms with Gasteiger partial charge < -0.3 is 14.2 Å². The Morgan fingerprint density at radius 2 is 2.26 bits per heavy atom. The first-order valence-electron chi connectivity index (χ1n) is 8.41. The van der Waals surface area contributed by atoms with E-state index in [9.17, 15) is 4.39 Å². The number of fused-ring (bicyclic) bond motifs is 1. The minimum absolute atomic E-state index is 0.0789. The maximum Gasteiger partial charge on any atom is 0.231 e. The monoisotopic (exact) mass is 406 g/mol. The summed E-state index contributed by atoms with van der Waals surface area (Å²) in [6.07, 6.45) is 2.74. The molecule has 0 fully saturated rings. The molecule has 0 amide bonds. The lowest BCUT2D eigenvalue weighted by molar-refractivity contribution is 0.334. The first-order valence-corrected chi connectivity index (χ1v) is 9.66. The first kappa shape index (κ1) is 17.9. The number of aryl methyl sites for hydroxylation is 1. The van der Waals surface area contributed by atoms with E-state index in [4.69, 9.17) is 20.4 Å². The molecule has 0 aliphatic rings. The molecule has 0 aliphatic carbocycles. The molecule has 0 spiro atoms. The smallest absolute Gasteiger partial charge is 0.231 e. The molecule has 4 heterocycles. The summed E-state index contributed by atoms with van der Waals surface area (Å²) >= 11 is 7.78. The van der Waals surface area contributed by atoms with Crippen LogP contribution >= 0.6 is 22.9 Å². The minimum Gasteiger partial charge on any atom is -0.455 e.